The molecule has 0 aromatic rings. The van der Waals surface area contributed by atoms with Crippen molar-refractivity contribution in [2.24, 2.45) is 0 Å². The average molecular weight is 222 g/mol. The first-order valence-corrected chi connectivity index (χ1v) is 5.42. The van der Waals surface area contributed by atoms with Crippen molar-refractivity contribution in [1.29, 1.82) is 0 Å². The van der Waals surface area contributed by atoms with Gasteiger partial charge >= 0.3 is 10.1 Å². The number of hydrogen-bond acceptors (Lipinski definition) is 3. The SMILES string of the molecule is C=CC[N+](C)(C)C(=CCO)S(=O)(=O)O. The molecule has 5 nitrogen and oxygen atoms in total. The zero-order chi connectivity index (χ0) is 11.4. The molecule has 0 rings (SSSR count). The number of hydrogen-bond donors (Lipinski definition) is 2. The maximum atomic E-state index is 11.0. The molecule has 0 spiro atoms. The van der Waals surface area contributed by atoms with Gasteiger partial charge in [-0.1, -0.05) is 6.58 Å². The molecule has 0 fully saturated rings. The Bertz CT molecular complexity index is 329. The third-order valence-electron chi connectivity index (χ3n) is 1.71. The molecule has 0 radical (unpaired) electrons. The summed E-state index contributed by atoms with van der Waals surface area (Å²) >= 11 is 0. The highest BCUT2D eigenvalue weighted by atomic mass is 32.2. The summed E-state index contributed by atoms with van der Waals surface area (Å²) in [6.45, 7) is 3.39. The standard InChI is InChI=1S/C8H15NO4S/c1-4-6-9(2,3)8(5-7-10)14(11,12)13/h4-5,10H,1,6-7H2,2-3H3/p+1. The van der Waals surface area contributed by atoms with Crippen LogP contribution in [0.4, 0.5) is 0 Å². The minimum absolute atomic E-state index is 0.0805. The smallest absolute Gasteiger partial charge is 0.344 e. The van der Waals surface area contributed by atoms with Gasteiger partial charge < -0.3 is 5.11 Å². The molecule has 0 unspecified atom stereocenters. The predicted octanol–water partition coefficient (Wildman–Crippen LogP) is -0.0297. The lowest BCUT2D eigenvalue weighted by atomic mass is 10.4. The zero-order valence-corrected chi connectivity index (χ0v) is 9.16. The summed E-state index contributed by atoms with van der Waals surface area (Å²) in [5, 5.41) is 8.41. The van der Waals surface area contributed by atoms with Crippen LogP contribution in [0.1, 0.15) is 0 Å². The van der Waals surface area contributed by atoms with Crippen molar-refractivity contribution < 1.29 is 22.6 Å². The summed E-state index contributed by atoms with van der Waals surface area (Å²) in [5.41, 5.74) is 0. The number of rotatable bonds is 5. The van der Waals surface area contributed by atoms with E-state index >= 15 is 0 Å². The fourth-order valence-corrected chi connectivity index (χ4v) is 2.14. The molecule has 0 saturated heterocycles. The van der Waals surface area contributed by atoms with Crippen molar-refractivity contribution in [3.8, 4) is 0 Å². The molecule has 6 heteroatoms. The molecule has 0 heterocycles. The van der Waals surface area contributed by atoms with Crippen LogP contribution in [0.5, 0.6) is 0 Å². The molecule has 0 aliphatic rings. The second-order valence-corrected chi connectivity index (χ2v) is 4.72. The molecule has 0 aromatic heterocycles. The molecule has 0 saturated carbocycles. The highest BCUT2D eigenvalue weighted by Gasteiger charge is 2.31. The van der Waals surface area contributed by atoms with Crippen LogP contribution in [0.15, 0.2) is 23.8 Å². The van der Waals surface area contributed by atoms with Crippen LogP contribution >= 0.6 is 0 Å². The number of nitrogens with zero attached hydrogens (tertiary/aromatic N) is 1. The van der Waals surface area contributed by atoms with Crippen LogP contribution in [0, 0.1) is 0 Å². The molecular weight excluding hydrogens is 206 g/mol. The Kier molecular flexibility index (Phi) is 4.47. The van der Waals surface area contributed by atoms with Crippen LogP contribution < -0.4 is 0 Å². The lowest BCUT2D eigenvalue weighted by Crippen LogP contribution is -2.41. The number of aliphatic hydroxyl groups excluding tert-OH is 1. The first-order valence-electron chi connectivity index (χ1n) is 3.98. The highest BCUT2D eigenvalue weighted by Crippen LogP contribution is 2.16. The van der Waals surface area contributed by atoms with Crippen molar-refractivity contribution in [2.75, 3.05) is 27.2 Å². The Balaban J connectivity index is 5.24. The third-order valence-corrected chi connectivity index (χ3v) is 2.90. The summed E-state index contributed by atoms with van der Waals surface area (Å²) in [7, 11) is -1.09. The Morgan fingerprint density at radius 3 is 2.29 bits per heavy atom. The maximum absolute atomic E-state index is 11.0. The van der Waals surface area contributed by atoms with E-state index in [0.29, 0.717) is 6.54 Å². The Hall–Kier alpha value is -0.690. The number of aliphatic hydroxyl groups is 1. The molecule has 0 atom stereocenters. The quantitative estimate of drug-likeness (QED) is 0.389. The third kappa shape index (κ3) is 3.59. The van der Waals surface area contributed by atoms with E-state index in [1.807, 2.05) is 0 Å². The van der Waals surface area contributed by atoms with E-state index in [2.05, 4.69) is 6.58 Å². The molecule has 0 aliphatic carbocycles. The van der Waals surface area contributed by atoms with E-state index in [9.17, 15) is 8.42 Å². The number of quaternary nitrogens is 1. The molecule has 0 aromatic carbocycles. The van der Waals surface area contributed by atoms with E-state index in [4.69, 9.17) is 9.66 Å². The largest absolute Gasteiger partial charge is 0.392 e. The van der Waals surface area contributed by atoms with Gasteiger partial charge in [-0.05, 0) is 6.08 Å². The lowest BCUT2D eigenvalue weighted by Gasteiger charge is -2.28. The Morgan fingerprint density at radius 1 is 1.50 bits per heavy atom. The molecule has 0 bridgehead atoms. The maximum Gasteiger partial charge on any atom is 0.344 e. The Labute approximate surface area is 84.3 Å². The predicted molar refractivity (Wildman–Crippen MR) is 53.9 cm³/mol. The summed E-state index contributed by atoms with van der Waals surface area (Å²) in [4.78, 5) is 0. The minimum Gasteiger partial charge on any atom is -0.392 e. The fourth-order valence-electron chi connectivity index (χ4n) is 1.16. The van der Waals surface area contributed by atoms with Crippen molar-refractivity contribution >= 4 is 10.1 Å². The lowest BCUT2D eigenvalue weighted by molar-refractivity contribution is -0.838. The molecule has 0 amide bonds. The summed E-state index contributed by atoms with van der Waals surface area (Å²) in [6, 6.07) is 0. The van der Waals surface area contributed by atoms with Crippen molar-refractivity contribution in [2.45, 2.75) is 0 Å². The van der Waals surface area contributed by atoms with Gasteiger partial charge in [0.2, 0.25) is 5.03 Å². The van der Waals surface area contributed by atoms with E-state index in [0.717, 1.165) is 6.08 Å². The Morgan fingerprint density at radius 2 is 2.00 bits per heavy atom. The van der Waals surface area contributed by atoms with Crippen LogP contribution in [0.3, 0.4) is 0 Å². The normalized spacial score (nSPS) is 14.1. The molecule has 0 aliphatic heterocycles. The highest BCUT2D eigenvalue weighted by molar-refractivity contribution is 7.89. The zero-order valence-electron chi connectivity index (χ0n) is 8.34. The van der Waals surface area contributed by atoms with E-state index in [1.165, 1.54) is 6.08 Å². The molecular formula is C8H16NO4S+. The van der Waals surface area contributed by atoms with Gasteiger partial charge in [0.05, 0.1) is 20.7 Å². The summed E-state index contributed by atoms with van der Waals surface area (Å²) in [6.07, 6.45) is 2.61. The number of likely N-dealkylation sites (N-methyl/N-ethyl adjacent to an activating group) is 1. The first-order chi connectivity index (χ1) is 6.25. The topological polar surface area (TPSA) is 74.6 Å². The second kappa shape index (κ2) is 4.70. The van der Waals surface area contributed by atoms with Crippen LogP contribution in [-0.4, -0.2) is 49.8 Å². The van der Waals surface area contributed by atoms with Gasteiger partial charge in [0.15, 0.2) is 0 Å². The van der Waals surface area contributed by atoms with Gasteiger partial charge in [0, 0.05) is 6.08 Å². The van der Waals surface area contributed by atoms with Gasteiger partial charge in [-0.25, -0.2) is 0 Å². The van der Waals surface area contributed by atoms with E-state index < -0.39 is 16.7 Å². The van der Waals surface area contributed by atoms with Gasteiger partial charge in [0.25, 0.3) is 0 Å². The van der Waals surface area contributed by atoms with Crippen molar-refractivity contribution in [3.05, 3.63) is 23.8 Å². The van der Waals surface area contributed by atoms with Crippen molar-refractivity contribution in [3.63, 3.8) is 0 Å². The van der Waals surface area contributed by atoms with Crippen molar-refractivity contribution in [1.82, 2.24) is 0 Å². The van der Waals surface area contributed by atoms with Gasteiger partial charge in [-0.2, -0.15) is 8.42 Å². The van der Waals surface area contributed by atoms with E-state index in [1.54, 1.807) is 14.1 Å². The van der Waals surface area contributed by atoms with Gasteiger partial charge in [-0.3, -0.25) is 9.04 Å². The van der Waals surface area contributed by atoms with Gasteiger partial charge in [-0.15, -0.1) is 0 Å². The molecule has 14 heavy (non-hydrogen) atoms. The summed E-state index contributed by atoms with van der Waals surface area (Å²) in [5.74, 6) is 0. The summed E-state index contributed by atoms with van der Waals surface area (Å²) < 4.78 is 30.8. The molecule has 82 valence electrons. The van der Waals surface area contributed by atoms with E-state index in [-0.39, 0.29) is 9.51 Å². The minimum atomic E-state index is -4.28. The second-order valence-electron chi connectivity index (χ2n) is 3.36. The fraction of sp³-hybridized carbons (Fsp3) is 0.500. The molecule has 2 N–H and O–H groups in total. The van der Waals surface area contributed by atoms with Crippen LogP contribution in [0.2, 0.25) is 0 Å². The van der Waals surface area contributed by atoms with Gasteiger partial charge in [0.1, 0.15) is 6.54 Å². The van der Waals surface area contributed by atoms with Crippen LogP contribution in [0.25, 0.3) is 0 Å². The first kappa shape index (κ1) is 13.3. The monoisotopic (exact) mass is 222 g/mol. The van der Waals surface area contributed by atoms with Crippen LogP contribution in [-0.2, 0) is 10.1 Å². The average Bonchev–Trinajstić information content (AvgIpc) is 1.97.